The maximum Gasteiger partial charge on any atom is 0.327 e. The summed E-state index contributed by atoms with van der Waals surface area (Å²) in [6.45, 7) is 3.74. The normalized spacial score (nSPS) is 23.5. The molecule has 0 radical (unpaired) electrons. The smallest absolute Gasteiger partial charge is 0.327 e. The Morgan fingerprint density at radius 1 is 1.19 bits per heavy atom. The highest BCUT2D eigenvalue weighted by molar-refractivity contribution is 5.64. The van der Waals surface area contributed by atoms with Crippen LogP contribution in [0, 0.1) is 15.9 Å². The average molecular weight is 293 g/mol. The Morgan fingerprint density at radius 3 is 2.67 bits per heavy atom. The zero-order valence-electron chi connectivity index (χ0n) is 12.0. The van der Waals surface area contributed by atoms with Crippen molar-refractivity contribution in [1.29, 1.82) is 0 Å². The van der Waals surface area contributed by atoms with Crippen LogP contribution in [-0.2, 0) is 0 Å². The van der Waals surface area contributed by atoms with Crippen LogP contribution in [0.1, 0.15) is 25.7 Å². The predicted molar refractivity (Wildman–Crippen MR) is 79.1 cm³/mol. The molecular weight excluding hydrogens is 273 g/mol. The summed E-state index contributed by atoms with van der Waals surface area (Å²) >= 11 is 0. The fraction of sp³-hybridized carbons (Fsp3) is 0.600. The first-order chi connectivity index (χ1) is 10.2. The quantitative estimate of drug-likeness (QED) is 0.635. The molecule has 2 fully saturated rings. The van der Waals surface area contributed by atoms with E-state index in [1.807, 2.05) is 4.90 Å². The van der Waals surface area contributed by atoms with E-state index < -0.39 is 16.4 Å². The van der Waals surface area contributed by atoms with Gasteiger partial charge in [-0.15, -0.1) is 0 Å². The third-order valence-corrected chi connectivity index (χ3v) is 4.56. The summed E-state index contributed by atoms with van der Waals surface area (Å²) in [5.41, 5.74) is 0.0244. The Kier molecular flexibility index (Phi) is 4.05. The van der Waals surface area contributed by atoms with Gasteiger partial charge in [0, 0.05) is 19.1 Å². The zero-order chi connectivity index (χ0) is 14.8. The van der Waals surface area contributed by atoms with Gasteiger partial charge in [-0.3, -0.25) is 15.0 Å². The molecule has 1 aromatic rings. The van der Waals surface area contributed by atoms with Crippen LogP contribution in [0.15, 0.2) is 18.2 Å². The molecule has 6 heteroatoms. The van der Waals surface area contributed by atoms with Gasteiger partial charge in [0.2, 0.25) is 5.82 Å². The highest BCUT2D eigenvalue weighted by Gasteiger charge is 2.32. The largest absolute Gasteiger partial charge is 0.364 e. The first-order valence-electron chi connectivity index (χ1n) is 7.58. The number of para-hydroxylation sites is 1. The van der Waals surface area contributed by atoms with Gasteiger partial charge in [0.05, 0.1) is 4.92 Å². The minimum Gasteiger partial charge on any atom is -0.364 e. The van der Waals surface area contributed by atoms with Gasteiger partial charge >= 0.3 is 5.69 Å². The number of nitro groups is 1. The molecule has 3 rings (SSSR count). The summed E-state index contributed by atoms with van der Waals surface area (Å²) in [5, 5.41) is 11.1. The van der Waals surface area contributed by atoms with E-state index in [0.717, 1.165) is 38.7 Å². The lowest BCUT2D eigenvalue weighted by Crippen LogP contribution is -2.40. The number of nitrogens with zero attached hydrogens (tertiary/aromatic N) is 3. The SMILES string of the molecule is O=[N+]([O-])c1c(F)cccc1N1CCC(N2CCCCC2)C1. The summed E-state index contributed by atoms with van der Waals surface area (Å²) in [5.74, 6) is -0.751. The summed E-state index contributed by atoms with van der Waals surface area (Å²) in [6.07, 6.45) is 4.75. The molecule has 0 spiro atoms. The number of likely N-dealkylation sites (tertiary alicyclic amines) is 1. The van der Waals surface area contributed by atoms with Gasteiger partial charge in [0.1, 0.15) is 5.69 Å². The van der Waals surface area contributed by atoms with Crippen LogP contribution in [0.2, 0.25) is 0 Å². The number of benzene rings is 1. The molecule has 0 bridgehead atoms. The molecule has 0 saturated carbocycles. The predicted octanol–water partition coefficient (Wildman–Crippen LogP) is 2.80. The molecule has 2 heterocycles. The third-order valence-electron chi connectivity index (χ3n) is 4.56. The van der Waals surface area contributed by atoms with Crippen molar-refractivity contribution in [3.63, 3.8) is 0 Å². The molecule has 0 aliphatic carbocycles. The van der Waals surface area contributed by atoms with Gasteiger partial charge in [-0.05, 0) is 44.5 Å². The fourth-order valence-electron chi connectivity index (χ4n) is 3.48. The van der Waals surface area contributed by atoms with Crippen LogP contribution in [0.3, 0.4) is 0 Å². The van der Waals surface area contributed by atoms with Crippen LogP contribution in [0.4, 0.5) is 15.8 Å². The molecule has 2 aliphatic heterocycles. The number of piperidine rings is 1. The van der Waals surface area contributed by atoms with Crippen molar-refractivity contribution in [2.75, 3.05) is 31.1 Å². The number of halogens is 1. The number of anilines is 1. The van der Waals surface area contributed by atoms with E-state index in [4.69, 9.17) is 0 Å². The maximum atomic E-state index is 13.7. The lowest BCUT2D eigenvalue weighted by atomic mass is 10.1. The van der Waals surface area contributed by atoms with Crippen LogP contribution >= 0.6 is 0 Å². The zero-order valence-corrected chi connectivity index (χ0v) is 12.0. The van der Waals surface area contributed by atoms with E-state index in [1.165, 1.54) is 19.3 Å². The molecule has 5 nitrogen and oxygen atoms in total. The molecule has 114 valence electrons. The molecule has 2 aliphatic rings. The molecule has 0 N–H and O–H groups in total. The van der Waals surface area contributed by atoms with Crippen LogP contribution in [-0.4, -0.2) is 42.0 Å². The van der Waals surface area contributed by atoms with Gasteiger partial charge in [0.25, 0.3) is 0 Å². The molecular formula is C15H20FN3O2. The van der Waals surface area contributed by atoms with E-state index >= 15 is 0 Å². The lowest BCUT2D eigenvalue weighted by Gasteiger charge is -2.32. The van der Waals surface area contributed by atoms with Crippen molar-refractivity contribution in [3.05, 3.63) is 34.1 Å². The van der Waals surface area contributed by atoms with Gasteiger partial charge in [-0.1, -0.05) is 12.5 Å². The Bertz CT molecular complexity index is 532. The molecule has 21 heavy (non-hydrogen) atoms. The van der Waals surface area contributed by atoms with Gasteiger partial charge in [-0.25, -0.2) is 0 Å². The van der Waals surface area contributed by atoms with E-state index in [9.17, 15) is 14.5 Å². The van der Waals surface area contributed by atoms with Crippen molar-refractivity contribution in [2.24, 2.45) is 0 Å². The first kappa shape index (κ1) is 14.3. The molecule has 1 atom stereocenters. The minimum atomic E-state index is -0.751. The third kappa shape index (κ3) is 2.85. The maximum absolute atomic E-state index is 13.7. The molecule has 0 amide bonds. The summed E-state index contributed by atoms with van der Waals surface area (Å²) in [4.78, 5) is 14.9. The highest BCUT2D eigenvalue weighted by Crippen LogP contribution is 2.34. The molecule has 2 saturated heterocycles. The number of hydrogen-bond acceptors (Lipinski definition) is 4. The Balaban J connectivity index is 1.77. The van der Waals surface area contributed by atoms with Crippen LogP contribution in [0.5, 0.6) is 0 Å². The summed E-state index contributed by atoms with van der Waals surface area (Å²) in [6, 6.07) is 4.79. The van der Waals surface area contributed by atoms with E-state index in [-0.39, 0.29) is 0 Å². The van der Waals surface area contributed by atoms with E-state index in [0.29, 0.717) is 11.7 Å². The van der Waals surface area contributed by atoms with E-state index in [2.05, 4.69) is 4.90 Å². The molecule has 0 aromatic heterocycles. The lowest BCUT2D eigenvalue weighted by molar-refractivity contribution is -0.386. The Hall–Kier alpha value is -1.69. The molecule has 1 unspecified atom stereocenters. The van der Waals surface area contributed by atoms with Crippen LogP contribution in [0.25, 0.3) is 0 Å². The van der Waals surface area contributed by atoms with Crippen molar-refractivity contribution < 1.29 is 9.31 Å². The second-order valence-electron chi connectivity index (χ2n) is 5.85. The first-order valence-corrected chi connectivity index (χ1v) is 7.58. The monoisotopic (exact) mass is 293 g/mol. The van der Waals surface area contributed by atoms with Crippen molar-refractivity contribution in [2.45, 2.75) is 31.7 Å². The van der Waals surface area contributed by atoms with Gasteiger partial charge in [0.15, 0.2) is 0 Å². The summed E-state index contributed by atoms with van der Waals surface area (Å²) in [7, 11) is 0. The van der Waals surface area contributed by atoms with E-state index in [1.54, 1.807) is 12.1 Å². The average Bonchev–Trinajstić information content (AvgIpc) is 2.97. The van der Waals surface area contributed by atoms with Crippen molar-refractivity contribution >= 4 is 11.4 Å². The molecule has 1 aromatic carbocycles. The Labute approximate surface area is 123 Å². The van der Waals surface area contributed by atoms with Crippen LogP contribution < -0.4 is 4.90 Å². The standard InChI is InChI=1S/C15H20FN3O2/c16-13-5-4-6-14(15(13)19(20)21)18-10-7-12(11-18)17-8-2-1-3-9-17/h4-6,12H,1-3,7-11H2. The van der Waals surface area contributed by atoms with Crippen molar-refractivity contribution in [3.8, 4) is 0 Å². The number of rotatable bonds is 3. The second kappa shape index (κ2) is 5.97. The number of nitro benzene ring substituents is 1. The van der Waals surface area contributed by atoms with Crippen molar-refractivity contribution in [1.82, 2.24) is 4.90 Å². The highest BCUT2D eigenvalue weighted by atomic mass is 19.1. The van der Waals surface area contributed by atoms with Gasteiger partial charge < -0.3 is 4.90 Å². The topological polar surface area (TPSA) is 49.6 Å². The Morgan fingerprint density at radius 2 is 1.95 bits per heavy atom. The second-order valence-corrected chi connectivity index (χ2v) is 5.85. The minimum absolute atomic E-state index is 0.392. The summed E-state index contributed by atoms with van der Waals surface area (Å²) < 4.78 is 13.7. The van der Waals surface area contributed by atoms with Gasteiger partial charge in [-0.2, -0.15) is 4.39 Å². The number of hydrogen-bond donors (Lipinski definition) is 0. The fourth-order valence-corrected chi connectivity index (χ4v) is 3.48.